The number of hydrogen-bond donors (Lipinski definition) is 1. The SMILES string of the molecule is Cc1c(C(=O)N(C)CCCC(=O)O)cnn1-c1ccccc1. The first-order chi connectivity index (χ1) is 10.5. The van der Waals surface area contributed by atoms with Gasteiger partial charge in [0.25, 0.3) is 5.91 Å². The molecule has 2 aromatic rings. The molecule has 1 N–H and O–H groups in total. The number of amides is 1. The quantitative estimate of drug-likeness (QED) is 0.886. The van der Waals surface area contributed by atoms with Crippen molar-refractivity contribution in [3.63, 3.8) is 0 Å². The Kier molecular flexibility index (Phi) is 4.93. The number of carbonyl (C=O) groups excluding carboxylic acids is 1. The third kappa shape index (κ3) is 3.52. The first kappa shape index (κ1) is 15.8. The maximum Gasteiger partial charge on any atom is 0.303 e. The first-order valence-electron chi connectivity index (χ1n) is 7.08. The van der Waals surface area contributed by atoms with Gasteiger partial charge in [-0.1, -0.05) is 18.2 Å². The van der Waals surface area contributed by atoms with E-state index < -0.39 is 5.97 Å². The van der Waals surface area contributed by atoms with Crippen molar-refractivity contribution in [2.75, 3.05) is 13.6 Å². The molecule has 1 aromatic heterocycles. The number of rotatable bonds is 6. The molecular formula is C16H19N3O3. The number of aromatic nitrogens is 2. The Morgan fingerprint density at radius 2 is 1.95 bits per heavy atom. The Hall–Kier alpha value is -2.63. The monoisotopic (exact) mass is 301 g/mol. The van der Waals surface area contributed by atoms with E-state index in [0.717, 1.165) is 11.4 Å². The van der Waals surface area contributed by atoms with Gasteiger partial charge in [-0.05, 0) is 25.5 Å². The number of benzene rings is 1. The summed E-state index contributed by atoms with van der Waals surface area (Å²) in [5, 5.41) is 12.9. The molecule has 6 heteroatoms. The van der Waals surface area contributed by atoms with E-state index in [4.69, 9.17) is 5.11 Å². The molecule has 0 aliphatic carbocycles. The van der Waals surface area contributed by atoms with Gasteiger partial charge in [0.05, 0.1) is 23.1 Å². The van der Waals surface area contributed by atoms with Crippen molar-refractivity contribution in [1.29, 1.82) is 0 Å². The molecule has 0 spiro atoms. The average molecular weight is 301 g/mol. The van der Waals surface area contributed by atoms with Gasteiger partial charge in [-0.2, -0.15) is 5.10 Å². The smallest absolute Gasteiger partial charge is 0.303 e. The summed E-state index contributed by atoms with van der Waals surface area (Å²) in [6, 6.07) is 9.59. The molecule has 2 rings (SSSR count). The molecule has 116 valence electrons. The second-order valence-corrected chi connectivity index (χ2v) is 5.12. The van der Waals surface area contributed by atoms with E-state index in [1.165, 1.54) is 4.90 Å². The third-order valence-electron chi connectivity index (χ3n) is 3.47. The lowest BCUT2D eigenvalue weighted by atomic mass is 10.2. The Morgan fingerprint density at radius 3 is 2.59 bits per heavy atom. The number of carboxylic acids is 1. The highest BCUT2D eigenvalue weighted by Gasteiger charge is 2.18. The predicted molar refractivity (Wildman–Crippen MR) is 82.1 cm³/mol. The van der Waals surface area contributed by atoms with Crippen LogP contribution in [0.1, 0.15) is 28.9 Å². The highest BCUT2D eigenvalue weighted by atomic mass is 16.4. The van der Waals surface area contributed by atoms with Gasteiger partial charge >= 0.3 is 5.97 Å². The zero-order valence-corrected chi connectivity index (χ0v) is 12.7. The minimum Gasteiger partial charge on any atom is -0.481 e. The summed E-state index contributed by atoms with van der Waals surface area (Å²) >= 11 is 0. The van der Waals surface area contributed by atoms with Gasteiger partial charge in [-0.15, -0.1) is 0 Å². The van der Waals surface area contributed by atoms with Crippen molar-refractivity contribution in [3.05, 3.63) is 47.8 Å². The third-order valence-corrected chi connectivity index (χ3v) is 3.47. The summed E-state index contributed by atoms with van der Waals surface area (Å²) in [5.74, 6) is -1.00. The summed E-state index contributed by atoms with van der Waals surface area (Å²) in [6.45, 7) is 2.25. The fourth-order valence-corrected chi connectivity index (χ4v) is 2.22. The number of para-hydroxylation sites is 1. The van der Waals surface area contributed by atoms with E-state index in [1.807, 2.05) is 37.3 Å². The summed E-state index contributed by atoms with van der Waals surface area (Å²) in [7, 11) is 1.67. The molecule has 0 aliphatic rings. The molecule has 0 radical (unpaired) electrons. The Bertz CT molecular complexity index is 665. The number of hydrogen-bond acceptors (Lipinski definition) is 3. The van der Waals surface area contributed by atoms with E-state index in [1.54, 1.807) is 17.9 Å². The van der Waals surface area contributed by atoms with Crippen LogP contribution in [0.2, 0.25) is 0 Å². The number of aliphatic carboxylic acids is 1. The van der Waals surface area contributed by atoms with Gasteiger partial charge in [0, 0.05) is 20.0 Å². The molecule has 0 saturated heterocycles. The van der Waals surface area contributed by atoms with Crippen molar-refractivity contribution in [2.24, 2.45) is 0 Å². The van der Waals surface area contributed by atoms with Crippen LogP contribution in [0, 0.1) is 6.92 Å². The van der Waals surface area contributed by atoms with E-state index in [9.17, 15) is 9.59 Å². The summed E-state index contributed by atoms with van der Waals surface area (Å²) in [4.78, 5) is 24.5. The van der Waals surface area contributed by atoms with Crippen LogP contribution in [0.15, 0.2) is 36.5 Å². The fourth-order valence-electron chi connectivity index (χ4n) is 2.22. The average Bonchev–Trinajstić information content (AvgIpc) is 2.88. The standard InChI is InChI=1S/C16H19N3O3/c1-12-14(16(22)18(2)10-6-9-15(20)21)11-17-19(12)13-7-4-3-5-8-13/h3-5,7-8,11H,6,9-10H2,1-2H3,(H,20,21). The molecule has 1 aromatic carbocycles. The lowest BCUT2D eigenvalue weighted by molar-refractivity contribution is -0.137. The van der Waals surface area contributed by atoms with Gasteiger partial charge in [0.1, 0.15) is 0 Å². The number of nitrogens with zero attached hydrogens (tertiary/aromatic N) is 3. The van der Waals surface area contributed by atoms with Crippen molar-refractivity contribution in [1.82, 2.24) is 14.7 Å². The van der Waals surface area contributed by atoms with Crippen LogP contribution < -0.4 is 0 Å². The molecule has 0 bridgehead atoms. The van der Waals surface area contributed by atoms with Crippen molar-refractivity contribution >= 4 is 11.9 Å². The molecule has 6 nitrogen and oxygen atoms in total. The molecule has 1 heterocycles. The predicted octanol–water partition coefficient (Wildman–Crippen LogP) is 2.12. The molecular weight excluding hydrogens is 282 g/mol. The first-order valence-corrected chi connectivity index (χ1v) is 7.08. The Balaban J connectivity index is 2.11. The van der Waals surface area contributed by atoms with Gasteiger partial charge in [-0.25, -0.2) is 4.68 Å². The van der Waals surface area contributed by atoms with Crippen LogP contribution in [-0.2, 0) is 4.79 Å². The van der Waals surface area contributed by atoms with E-state index in [-0.39, 0.29) is 12.3 Å². The maximum atomic E-state index is 12.4. The van der Waals surface area contributed by atoms with Gasteiger partial charge < -0.3 is 10.0 Å². The van der Waals surface area contributed by atoms with Crippen LogP contribution >= 0.6 is 0 Å². The zero-order valence-electron chi connectivity index (χ0n) is 12.7. The molecule has 0 unspecified atom stereocenters. The number of carboxylic acid groups (broad SMARTS) is 1. The normalized spacial score (nSPS) is 10.5. The molecule has 0 atom stereocenters. The number of carbonyl (C=O) groups is 2. The molecule has 0 aliphatic heterocycles. The summed E-state index contributed by atoms with van der Waals surface area (Å²) < 4.78 is 1.72. The van der Waals surface area contributed by atoms with Gasteiger partial charge in [-0.3, -0.25) is 9.59 Å². The maximum absolute atomic E-state index is 12.4. The summed E-state index contributed by atoms with van der Waals surface area (Å²) in [6.07, 6.45) is 2.04. The zero-order chi connectivity index (χ0) is 16.1. The van der Waals surface area contributed by atoms with Crippen LogP contribution in [-0.4, -0.2) is 45.3 Å². The van der Waals surface area contributed by atoms with Crippen LogP contribution in [0.5, 0.6) is 0 Å². The topological polar surface area (TPSA) is 75.4 Å². The molecule has 1 amide bonds. The minimum absolute atomic E-state index is 0.0554. The lowest BCUT2D eigenvalue weighted by Gasteiger charge is -2.16. The van der Waals surface area contributed by atoms with Gasteiger partial charge in [0.2, 0.25) is 0 Å². The Morgan fingerprint density at radius 1 is 1.27 bits per heavy atom. The lowest BCUT2D eigenvalue weighted by Crippen LogP contribution is -2.28. The van der Waals surface area contributed by atoms with Crippen LogP contribution in [0.3, 0.4) is 0 Å². The van der Waals surface area contributed by atoms with E-state index in [0.29, 0.717) is 18.5 Å². The molecule has 0 saturated carbocycles. The van der Waals surface area contributed by atoms with Crippen molar-refractivity contribution in [2.45, 2.75) is 19.8 Å². The highest BCUT2D eigenvalue weighted by Crippen LogP contribution is 2.15. The van der Waals surface area contributed by atoms with Crippen LogP contribution in [0.4, 0.5) is 0 Å². The van der Waals surface area contributed by atoms with E-state index in [2.05, 4.69) is 5.10 Å². The highest BCUT2D eigenvalue weighted by molar-refractivity contribution is 5.95. The van der Waals surface area contributed by atoms with E-state index >= 15 is 0 Å². The molecule has 0 fully saturated rings. The Labute approximate surface area is 129 Å². The summed E-state index contributed by atoms with van der Waals surface area (Å²) in [5.41, 5.74) is 2.19. The fraction of sp³-hybridized carbons (Fsp3) is 0.312. The second kappa shape index (κ2) is 6.89. The largest absolute Gasteiger partial charge is 0.481 e. The van der Waals surface area contributed by atoms with Crippen molar-refractivity contribution in [3.8, 4) is 5.69 Å². The second-order valence-electron chi connectivity index (χ2n) is 5.12. The minimum atomic E-state index is -0.853. The molecule has 22 heavy (non-hydrogen) atoms. The van der Waals surface area contributed by atoms with Gasteiger partial charge in [0.15, 0.2) is 0 Å². The van der Waals surface area contributed by atoms with Crippen LogP contribution in [0.25, 0.3) is 5.69 Å². The van der Waals surface area contributed by atoms with Crippen molar-refractivity contribution < 1.29 is 14.7 Å².